The van der Waals surface area contributed by atoms with E-state index < -0.39 is 17.7 Å². The van der Waals surface area contributed by atoms with Crippen LogP contribution in [-0.2, 0) is 11.2 Å². The molecule has 0 spiro atoms. The minimum atomic E-state index is -0.562. The number of carbonyl (C=O) groups excluding carboxylic acids is 1. The molecule has 1 aromatic rings. The highest BCUT2D eigenvalue weighted by Gasteiger charge is 2.21. The summed E-state index contributed by atoms with van der Waals surface area (Å²) in [5, 5.41) is 12.2. The van der Waals surface area contributed by atoms with Gasteiger partial charge in [0.15, 0.2) is 0 Å². The van der Waals surface area contributed by atoms with Crippen LogP contribution in [0, 0.1) is 0 Å². The average molecular weight is 344 g/mol. The minimum absolute atomic E-state index is 0.191. The third-order valence-corrected chi connectivity index (χ3v) is 3.41. The number of hydrogen-bond acceptors (Lipinski definition) is 3. The van der Waals surface area contributed by atoms with Crippen LogP contribution in [0.4, 0.5) is 4.79 Å². The van der Waals surface area contributed by atoms with Crippen molar-refractivity contribution in [2.45, 2.75) is 45.8 Å². The number of aliphatic hydroxyl groups is 1. The third-order valence-electron chi connectivity index (χ3n) is 2.72. The molecule has 1 rings (SSSR count). The number of benzene rings is 1. The van der Waals surface area contributed by atoms with E-state index in [1.807, 2.05) is 18.2 Å². The molecule has 1 aromatic carbocycles. The molecule has 20 heavy (non-hydrogen) atoms. The Morgan fingerprint density at radius 3 is 2.55 bits per heavy atom. The van der Waals surface area contributed by atoms with E-state index in [1.54, 1.807) is 20.8 Å². The van der Waals surface area contributed by atoms with Gasteiger partial charge in [0.1, 0.15) is 5.60 Å². The molecule has 0 aliphatic carbocycles. The molecule has 0 fully saturated rings. The summed E-state index contributed by atoms with van der Waals surface area (Å²) >= 11 is 3.48. The Morgan fingerprint density at radius 2 is 2.10 bits per heavy atom. The van der Waals surface area contributed by atoms with Gasteiger partial charge < -0.3 is 15.2 Å². The lowest BCUT2D eigenvalue weighted by Gasteiger charge is -2.23. The van der Waals surface area contributed by atoms with Gasteiger partial charge in [0.25, 0.3) is 0 Å². The second-order valence-corrected chi connectivity index (χ2v) is 6.45. The zero-order chi connectivity index (χ0) is 15.3. The van der Waals surface area contributed by atoms with Crippen molar-refractivity contribution in [3.8, 4) is 0 Å². The Balaban J connectivity index is 2.83. The Hall–Kier alpha value is -1.07. The monoisotopic (exact) mass is 343 g/mol. The fourth-order valence-corrected chi connectivity index (χ4v) is 2.45. The van der Waals surface area contributed by atoms with E-state index in [0.29, 0.717) is 0 Å². The summed E-state index contributed by atoms with van der Waals surface area (Å²) in [6, 6.07) is 5.39. The molecule has 0 heterocycles. The van der Waals surface area contributed by atoms with Crippen molar-refractivity contribution in [2.24, 2.45) is 0 Å². The largest absolute Gasteiger partial charge is 0.444 e. The number of aliphatic hydroxyl groups excluding tert-OH is 1. The molecule has 0 bridgehead atoms. The summed E-state index contributed by atoms with van der Waals surface area (Å²) < 4.78 is 6.07. The molecule has 4 nitrogen and oxygen atoms in total. The quantitative estimate of drug-likeness (QED) is 0.878. The van der Waals surface area contributed by atoms with Crippen LogP contribution >= 0.6 is 15.9 Å². The van der Waals surface area contributed by atoms with Crippen LogP contribution in [0.1, 0.15) is 44.9 Å². The molecule has 0 aliphatic rings. The highest BCUT2D eigenvalue weighted by atomic mass is 79.9. The van der Waals surface area contributed by atoms with Crippen molar-refractivity contribution < 1.29 is 14.6 Å². The van der Waals surface area contributed by atoms with Gasteiger partial charge in [0.2, 0.25) is 0 Å². The molecule has 0 saturated heterocycles. The highest BCUT2D eigenvalue weighted by Crippen LogP contribution is 2.25. The second-order valence-electron chi connectivity index (χ2n) is 5.59. The molecular weight excluding hydrogens is 322 g/mol. The Morgan fingerprint density at radius 1 is 1.45 bits per heavy atom. The van der Waals surface area contributed by atoms with Crippen molar-refractivity contribution in [1.82, 2.24) is 5.32 Å². The van der Waals surface area contributed by atoms with Crippen molar-refractivity contribution in [3.05, 3.63) is 33.8 Å². The second kappa shape index (κ2) is 7.09. The van der Waals surface area contributed by atoms with E-state index in [0.717, 1.165) is 16.5 Å². The number of rotatable bonds is 4. The average Bonchev–Trinajstić information content (AvgIpc) is 2.34. The molecule has 1 amide bonds. The molecule has 0 unspecified atom stereocenters. The van der Waals surface area contributed by atoms with Gasteiger partial charge in [-0.3, -0.25) is 0 Å². The Bertz CT molecular complexity index is 469. The molecule has 0 aliphatic heterocycles. The number of nitrogens with one attached hydrogen (secondary N) is 1. The van der Waals surface area contributed by atoms with Crippen LogP contribution in [0.2, 0.25) is 0 Å². The van der Waals surface area contributed by atoms with Crippen molar-refractivity contribution in [3.63, 3.8) is 0 Å². The smallest absolute Gasteiger partial charge is 0.408 e. The fourth-order valence-electron chi connectivity index (χ4n) is 1.74. The van der Waals surface area contributed by atoms with Crippen molar-refractivity contribution in [1.29, 1.82) is 0 Å². The number of ether oxygens (including phenoxy) is 1. The maximum Gasteiger partial charge on any atom is 0.408 e. The van der Waals surface area contributed by atoms with Gasteiger partial charge in [0.05, 0.1) is 12.6 Å². The Kier molecular flexibility index (Phi) is 6.02. The molecule has 0 saturated carbocycles. The number of halogens is 1. The van der Waals surface area contributed by atoms with Crippen molar-refractivity contribution in [2.75, 3.05) is 6.61 Å². The van der Waals surface area contributed by atoms with E-state index >= 15 is 0 Å². The molecular formula is C15H22BrNO3. The van der Waals surface area contributed by atoms with Gasteiger partial charge >= 0.3 is 6.09 Å². The molecule has 0 aromatic heterocycles. The summed E-state index contributed by atoms with van der Waals surface area (Å²) in [6.45, 7) is 7.28. The summed E-state index contributed by atoms with van der Waals surface area (Å²) in [5.74, 6) is 0. The van der Waals surface area contributed by atoms with Crippen LogP contribution in [0.25, 0.3) is 0 Å². The summed E-state index contributed by atoms with van der Waals surface area (Å²) in [6.07, 6.45) is 0.394. The van der Waals surface area contributed by atoms with Gasteiger partial charge in [-0.25, -0.2) is 4.79 Å². The van der Waals surface area contributed by atoms with Crippen LogP contribution in [-0.4, -0.2) is 23.4 Å². The van der Waals surface area contributed by atoms with E-state index in [-0.39, 0.29) is 6.61 Å². The number of hydrogen-bond donors (Lipinski definition) is 2. The number of amides is 1. The van der Waals surface area contributed by atoms with E-state index in [4.69, 9.17) is 4.74 Å². The lowest BCUT2D eigenvalue weighted by Crippen LogP contribution is -2.36. The Labute approximate surface area is 128 Å². The zero-order valence-electron chi connectivity index (χ0n) is 12.4. The maximum atomic E-state index is 11.8. The molecule has 2 N–H and O–H groups in total. The van der Waals surface area contributed by atoms with Crippen LogP contribution in [0.15, 0.2) is 22.7 Å². The van der Waals surface area contributed by atoms with Crippen LogP contribution in [0.5, 0.6) is 0 Å². The van der Waals surface area contributed by atoms with Gasteiger partial charge in [-0.15, -0.1) is 0 Å². The first-order valence-corrected chi connectivity index (χ1v) is 7.44. The van der Waals surface area contributed by atoms with Gasteiger partial charge in [-0.05, 0) is 44.4 Å². The summed E-state index contributed by atoms with van der Waals surface area (Å²) in [5.41, 5.74) is 1.46. The predicted octanol–water partition coefficient (Wildman–Crippen LogP) is 3.57. The molecule has 1 atom stereocenters. The first kappa shape index (κ1) is 17.0. The maximum absolute atomic E-state index is 11.8. The zero-order valence-corrected chi connectivity index (χ0v) is 14.0. The standard InChI is InChI=1S/C15H22BrNO3/c1-5-10-6-7-11(12(16)8-10)13(9-18)17-14(19)20-15(2,3)4/h6-8,13,18H,5,9H2,1-4H3,(H,17,19)/t13-/m0/s1. The number of aryl methyl sites for hydroxylation is 1. The highest BCUT2D eigenvalue weighted by molar-refractivity contribution is 9.10. The van der Waals surface area contributed by atoms with Crippen molar-refractivity contribution >= 4 is 22.0 Å². The van der Waals surface area contributed by atoms with E-state index in [9.17, 15) is 9.90 Å². The first-order chi connectivity index (χ1) is 9.26. The predicted molar refractivity (Wildman–Crippen MR) is 82.7 cm³/mol. The van der Waals surface area contributed by atoms with Gasteiger partial charge in [0, 0.05) is 4.47 Å². The minimum Gasteiger partial charge on any atom is -0.444 e. The number of alkyl carbamates (subject to hydrolysis) is 1. The topological polar surface area (TPSA) is 58.6 Å². The van der Waals surface area contributed by atoms with Gasteiger partial charge in [-0.1, -0.05) is 35.0 Å². The summed E-state index contributed by atoms with van der Waals surface area (Å²) in [4.78, 5) is 11.8. The first-order valence-electron chi connectivity index (χ1n) is 6.65. The number of carbonyl (C=O) groups is 1. The lowest BCUT2D eigenvalue weighted by molar-refractivity contribution is 0.0481. The van der Waals surface area contributed by atoms with Crippen LogP contribution in [0.3, 0.4) is 0 Å². The van der Waals surface area contributed by atoms with Crippen LogP contribution < -0.4 is 5.32 Å². The lowest BCUT2D eigenvalue weighted by atomic mass is 10.0. The normalized spacial score (nSPS) is 12.9. The SMILES string of the molecule is CCc1ccc([C@H](CO)NC(=O)OC(C)(C)C)c(Br)c1. The molecule has 5 heteroatoms. The summed E-state index contributed by atoms with van der Waals surface area (Å²) in [7, 11) is 0. The van der Waals surface area contributed by atoms with E-state index in [1.165, 1.54) is 5.56 Å². The van der Waals surface area contributed by atoms with Gasteiger partial charge in [-0.2, -0.15) is 0 Å². The fraction of sp³-hybridized carbons (Fsp3) is 0.533. The third kappa shape index (κ3) is 5.13. The molecule has 0 radical (unpaired) electrons. The molecule has 112 valence electrons. The van der Waals surface area contributed by atoms with E-state index in [2.05, 4.69) is 28.2 Å².